The second-order valence-corrected chi connectivity index (χ2v) is 6.76. The summed E-state index contributed by atoms with van der Waals surface area (Å²) in [6.45, 7) is 6.47. The van der Waals surface area contributed by atoms with E-state index in [-0.39, 0.29) is 6.04 Å². The fourth-order valence-electron chi connectivity index (χ4n) is 3.31. The highest BCUT2D eigenvalue weighted by Gasteiger charge is 2.33. The van der Waals surface area contributed by atoms with Crippen LogP contribution in [0, 0.1) is 5.92 Å². The number of hydrogen-bond donors (Lipinski definition) is 1. The molecule has 2 aromatic rings. The van der Waals surface area contributed by atoms with Crippen molar-refractivity contribution in [3.8, 4) is 0 Å². The Labute approximate surface area is 146 Å². The summed E-state index contributed by atoms with van der Waals surface area (Å²) in [6.07, 6.45) is 5.82. The fraction of sp³-hybridized carbons (Fsp3) is 0.500. The van der Waals surface area contributed by atoms with Crippen molar-refractivity contribution >= 4 is 21.7 Å². The highest BCUT2D eigenvalue weighted by atomic mass is 79.9. The van der Waals surface area contributed by atoms with Gasteiger partial charge in [-0.3, -0.25) is 4.98 Å². The summed E-state index contributed by atoms with van der Waals surface area (Å²) in [5.41, 5.74) is 4.53. The SMILES string of the molecule is CCc1nc(N[C@@H]2c3ncccc3C[C@H]2CC)c(CC)nc1Br. The van der Waals surface area contributed by atoms with E-state index in [0.717, 1.165) is 47.5 Å². The van der Waals surface area contributed by atoms with Gasteiger partial charge in [-0.05, 0) is 52.7 Å². The first-order valence-electron chi connectivity index (χ1n) is 8.43. The monoisotopic (exact) mass is 374 g/mol. The molecular formula is C18H23BrN4. The van der Waals surface area contributed by atoms with Gasteiger partial charge in [-0.2, -0.15) is 0 Å². The number of halogens is 1. The van der Waals surface area contributed by atoms with Crippen LogP contribution in [0.2, 0.25) is 0 Å². The molecule has 0 fully saturated rings. The number of nitrogens with one attached hydrogen (secondary N) is 1. The van der Waals surface area contributed by atoms with E-state index in [1.807, 2.05) is 12.3 Å². The number of hydrogen-bond acceptors (Lipinski definition) is 4. The highest BCUT2D eigenvalue weighted by Crippen LogP contribution is 2.39. The van der Waals surface area contributed by atoms with Gasteiger partial charge in [0.15, 0.2) is 0 Å². The molecule has 2 aromatic heterocycles. The summed E-state index contributed by atoms with van der Waals surface area (Å²) < 4.78 is 0.861. The van der Waals surface area contributed by atoms with Gasteiger partial charge in [-0.1, -0.05) is 33.3 Å². The maximum absolute atomic E-state index is 4.82. The topological polar surface area (TPSA) is 50.7 Å². The van der Waals surface area contributed by atoms with E-state index in [9.17, 15) is 0 Å². The third kappa shape index (κ3) is 3.11. The third-order valence-corrected chi connectivity index (χ3v) is 5.29. The Morgan fingerprint density at radius 2 is 1.96 bits per heavy atom. The van der Waals surface area contributed by atoms with E-state index in [1.54, 1.807) is 0 Å². The third-order valence-electron chi connectivity index (χ3n) is 4.65. The van der Waals surface area contributed by atoms with Crippen molar-refractivity contribution in [1.29, 1.82) is 0 Å². The maximum Gasteiger partial charge on any atom is 0.148 e. The molecule has 23 heavy (non-hydrogen) atoms. The molecule has 0 spiro atoms. The smallest absolute Gasteiger partial charge is 0.148 e. The lowest BCUT2D eigenvalue weighted by Gasteiger charge is -2.22. The van der Waals surface area contributed by atoms with Crippen molar-refractivity contribution in [2.75, 3.05) is 5.32 Å². The quantitative estimate of drug-likeness (QED) is 0.836. The molecule has 4 nitrogen and oxygen atoms in total. The molecule has 2 heterocycles. The fourth-order valence-corrected chi connectivity index (χ4v) is 3.89. The zero-order valence-electron chi connectivity index (χ0n) is 13.9. The standard InChI is InChI=1S/C18H23BrN4/c1-4-11-10-12-8-7-9-20-15(12)16(11)23-18-14(6-3)21-17(19)13(5-2)22-18/h7-9,11,16H,4-6,10H2,1-3H3,(H,22,23)/t11-,16+/m1/s1. The minimum atomic E-state index is 0.224. The number of rotatable bonds is 5. The zero-order chi connectivity index (χ0) is 16.4. The predicted octanol–water partition coefficient (Wildman–Crippen LogP) is 4.49. The van der Waals surface area contributed by atoms with Crippen LogP contribution in [0.4, 0.5) is 5.82 Å². The van der Waals surface area contributed by atoms with Crippen LogP contribution in [0.1, 0.15) is 55.9 Å². The summed E-state index contributed by atoms with van der Waals surface area (Å²) in [5.74, 6) is 1.47. The summed E-state index contributed by atoms with van der Waals surface area (Å²) in [5, 5.41) is 3.66. The van der Waals surface area contributed by atoms with E-state index in [4.69, 9.17) is 4.98 Å². The van der Waals surface area contributed by atoms with E-state index in [2.05, 4.69) is 58.1 Å². The van der Waals surface area contributed by atoms with Crippen molar-refractivity contribution in [3.63, 3.8) is 0 Å². The molecule has 0 saturated heterocycles. The average molecular weight is 375 g/mol. The second-order valence-electron chi connectivity index (χ2n) is 6.01. The number of pyridine rings is 1. The molecule has 0 amide bonds. The van der Waals surface area contributed by atoms with Gasteiger partial charge in [0.25, 0.3) is 0 Å². The molecule has 2 atom stereocenters. The molecule has 3 rings (SSSR count). The van der Waals surface area contributed by atoms with E-state index in [0.29, 0.717) is 5.92 Å². The van der Waals surface area contributed by atoms with Crippen LogP contribution < -0.4 is 5.32 Å². The predicted molar refractivity (Wildman–Crippen MR) is 96.6 cm³/mol. The van der Waals surface area contributed by atoms with Crippen LogP contribution in [0.5, 0.6) is 0 Å². The lowest BCUT2D eigenvalue weighted by Crippen LogP contribution is -2.19. The molecule has 0 unspecified atom stereocenters. The van der Waals surface area contributed by atoms with Crippen molar-refractivity contribution in [2.45, 2.75) is 52.5 Å². The molecule has 1 aliphatic rings. The van der Waals surface area contributed by atoms with Crippen LogP contribution in [-0.4, -0.2) is 15.0 Å². The molecule has 1 N–H and O–H groups in total. The molecular weight excluding hydrogens is 352 g/mol. The van der Waals surface area contributed by atoms with Crippen LogP contribution >= 0.6 is 15.9 Å². The number of fused-ring (bicyclic) bond motifs is 1. The number of aryl methyl sites for hydroxylation is 2. The molecule has 0 radical (unpaired) electrons. The van der Waals surface area contributed by atoms with Gasteiger partial charge in [0.2, 0.25) is 0 Å². The maximum atomic E-state index is 4.82. The van der Waals surface area contributed by atoms with Gasteiger partial charge >= 0.3 is 0 Å². The van der Waals surface area contributed by atoms with Crippen LogP contribution in [0.15, 0.2) is 22.9 Å². The molecule has 0 aromatic carbocycles. The van der Waals surface area contributed by atoms with Crippen LogP contribution in [0.3, 0.4) is 0 Å². The Kier molecular flexibility index (Phi) is 4.95. The van der Waals surface area contributed by atoms with E-state index >= 15 is 0 Å². The normalized spacial score (nSPS) is 19.7. The minimum Gasteiger partial charge on any atom is -0.360 e. The summed E-state index contributed by atoms with van der Waals surface area (Å²) in [7, 11) is 0. The first-order chi connectivity index (χ1) is 11.2. The van der Waals surface area contributed by atoms with Crippen LogP contribution in [-0.2, 0) is 19.3 Å². The molecule has 0 bridgehead atoms. The second kappa shape index (κ2) is 6.95. The number of nitrogens with zero attached hydrogens (tertiary/aromatic N) is 3. The van der Waals surface area contributed by atoms with Crippen LogP contribution in [0.25, 0.3) is 0 Å². The Hall–Kier alpha value is -1.49. The summed E-state index contributed by atoms with van der Waals surface area (Å²) >= 11 is 3.53. The van der Waals surface area contributed by atoms with Crippen molar-refractivity contribution in [2.24, 2.45) is 5.92 Å². The Morgan fingerprint density at radius 1 is 1.17 bits per heavy atom. The van der Waals surface area contributed by atoms with Crippen molar-refractivity contribution < 1.29 is 0 Å². The number of anilines is 1. The molecule has 122 valence electrons. The van der Waals surface area contributed by atoms with E-state index in [1.165, 1.54) is 11.3 Å². The van der Waals surface area contributed by atoms with Gasteiger partial charge in [0, 0.05) is 6.20 Å². The first-order valence-corrected chi connectivity index (χ1v) is 9.22. The molecule has 5 heteroatoms. The number of aromatic nitrogens is 3. The summed E-state index contributed by atoms with van der Waals surface area (Å²) in [6, 6.07) is 4.44. The largest absolute Gasteiger partial charge is 0.360 e. The van der Waals surface area contributed by atoms with Gasteiger partial charge in [-0.15, -0.1) is 0 Å². The lowest BCUT2D eigenvalue weighted by molar-refractivity contribution is 0.470. The minimum absolute atomic E-state index is 0.224. The molecule has 0 saturated carbocycles. The van der Waals surface area contributed by atoms with Crippen molar-refractivity contribution in [1.82, 2.24) is 15.0 Å². The first kappa shape index (κ1) is 16.4. The van der Waals surface area contributed by atoms with Gasteiger partial charge in [0.1, 0.15) is 10.4 Å². The highest BCUT2D eigenvalue weighted by molar-refractivity contribution is 9.10. The lowest BCUT2D eigenvalue weighted by atomic mass is 9.99. The van der Waals surface area contributed by atoms with Gasteiger partial charge in [0.05, 0.1) is 23.1 Å². The summed E-state index contributed by atoms with van der Waals surface area (Å²) in [4.78, 5) is 14.1. The van der Waals surface area contributed by atoms with E-state index < -0.39 is 0 Å². The molecule has 0 aliphatic heterocycles. The zero-order valence-corrected chi connectivity index (χ0v) is 15.5. The molecule has 1 aliphatic carbocycles. The Morgan fingerprint density at radius 3 is 2.65 bits per heavy atom. The van der Waals surface area contributed by atoms with Gasteiger partial charge < -0.3 is 5.32 Å². The Bertz CT molecular complexity index is 701. The van der Waals surface area contributed by atoms with Gasteiger partial charge in [-0.25, -0.2) is 9.97 Å². The van der Waals surface area contributed by atoms with Crippen molar-refractivity contribution in [3.05, 3.63) is 45.6 Å². The average Bonchev–Trinajstić information content (AvgIpc) is 2.93. The Balaban J connectivity index is 1.97.